The summed E-state index contributed by atoms with van der Waals surface area (Å²) in [6, 6.07) is 17.1. The third kappa shape index (κ3) is 5.10. The Balaban J connectivity index is 1.64. The quantitative estimate of drug-likeness (QED) is 0.105. The van der Waals surface area contributed by atoms with Crippen molar-refractivity contribution in [2.45, 2.75) is 33.2 Å². The van der Waals surface area contributed by atoms with Crippen LogP contribution in [0, 0.1) is 13.8 Å². The summed E-state index contributed by atoms with van der Waals surface area (Å²) < 4.78 is 12.2. The molecule has 0 spiro atoms. The number of nitrogens with zero attached hydrogens (tertiary/aromatic N) is 2. The number of aliphatic hydroxyl groups excluding tert-OH is 1. The van der Waals surface area contributed by atoms with Crippen molar-refractivity contribution in [2.75, 3.05) is 18.1 Å². The predicted molar refractivity (Wildman–Crippen MR) is 158 cm³/mol. The van der Waals surface area contributed by atoms with Crippen LogP contribution in [0.3, 0.4) is 0 Å². The topological polar surface area (TPSA) is 89.0 Å². The molecule has 40 heavy (non-hydrogen) atoms. The maximum absolute atomic E-state index is 13.6. The van der Waals surface area contributed by atoms with Gasteiger partial charge in [0.05, 0.1) is 28.4 Å². The fourth-order valence-corrected chi connectivity index (χ4v) is 5.96. The van der Waals surface area contributed by atoms with Gasteiger partial charge in [-0.25, -0.2) is 4.98 Å². The van der Waals surface area contributed by atoms with Crippen LogP contribution in [0.5, 0.6) is 11.5 Å². The Morgan fingerprint density at radius 2 is 1.73 bits per heavy atom. The molecule has 1 fully saturated rings. The number of fused-ring (bicyclic) bond motifs is 1. The van der Waals surface area contributed by atoms with Crippen LogP contribution in [-0.4, -0.2) is 35.0 Å². The minimum absolute atomic E-state index is 0.000792. The Morgan fingerprint density at radius 3 is 2.40 bits per heavy atom. The first-order valence-electron chi connectivity index (χ1n) is 13.1. The monoisotopic (exact) mass is 554 g/mol. The molecule has 0 bridgehead atoms. The summed E-state index contributed by atoms with van der Waals surface area (Å²) in [7, 11) is 0. The SMILES string of the molecule is C=CCOc1ccc(C2C(=C(O)c3ccc(OCCC)cc3)C(=O)C(=O)N2c2nc3c(C)cc(C)cc3s2)cc1. The van der Waals surface area contributed by atoms with Crippen LogP contribution in [-0.2, 0) is 9.59 Å². The molecule has 3 aromatic carbocycles. The van der Waals surface area contributed by atoms with Crippen molar-refractivity contribution >= 4 is 44.1 Å². The van der Waals surface area contributed by atoms with Crippen molar-refractivity contribution in [1.82, 2.24) is 4.98 Å². The Morgan fingerprint density at radius 1 is 1.05 bits per heavy atom. The van der Waals surface area contributed by atoms with Gasteiger partial charge in [-0.2, -0.15) is 0 Å². The number of hydrogen-bond acceptors (Lipinski definition) is 7. The molecular weight excluding hydrogens is 524 g/mol. The van der Waals surface area contributed by atoms with E-state index in [0.29, 0.717) is 41.0 Å². The average molecular weight is 555 g/mol. The van der Waals surface area contributed by atoms with Crippen LogP contribution in [0.1, 0.15) is 41.6 Å². The standard InChI is InChI=1S/C32H30N2O5S/c1-5-15-38-23-11-7-21(8-12-23)28-26(29(35)22-9-13-24(14-10-22)39-16-6-2)30(36)31(37)34(28)32-33-27-20(4)17-19(3)18-25(27)40-32/h5,7-14,17-18,28,35H,1,6,15-16H2,2-4H3. The van der Waals surface area contributed by atoms with Gasteiger partial charge in [0.25, 0.3) is 5.78 Å². The van der Waals surface area contributed by atoms with Gasteiger partial charge in [-0.15, -0.1) is 0 Å². The lowest BCUT2D eigenvalue weighted by Crippen LogP contribution is -2.29. The summed E-state index contributed by atoms with van der Waals surface area (Å²) in [4.78, 5) is 33.3. The van der Waals surface area contributed by atoms with Crippen molar-refractivity contribution in [1.29, 1.82) is 0 Å². The van der Waals surface area contributed by atoms with Gasteiger partial charge in [-0.3, -0.25) is 14.5 Å². The number of amides is 1. The first-order chi connectivity index (χ1) is 19.3. The number of carbonyl (C=O) groups is 2. The fourth-order valence-electron chi connectivity index (χ4n) is 4.79. The molecule has 1 saturated heterocycles. The average Bonchev–Trinajstić information content (AvgIpc) is 3.49. The van der Waals surface area contributed by atoms with Gasteiger partial charge < -0.3 is 14.6 Å². The summed E-state index contributed by atoms with van der Waals surface area (Å²) in [6.07, 6.45) is 2.52. The number of anilines is 1. The second kappa shape index (κ2) is 11.4. The highest BCUT2D eigenvalue weighted by molar-refractivity contribution is 7.22. The van der Waals surface area contributed by atoms with Crippen molar-refractivity contribution in [2.24, 2.45) is 0 Å². The molecule has 1 aromatic heterocycles. The van der Waals surface area contributed by atoms with Crippen LogP contribution in [0.4, 0.5) is 5.13 Å². The van der Waals surface area contributed by atoms with Crippen LogP contribution >= 0.6 is 11.3 Å². The van der Waals surface area contributed by atoms with Crippen molar-refractivity contribution in [3.63, 3.8) is 0 Å². The van der Waals surface area contributed by atoms with Crippen molar-refractivity contribution in [3.8, 4) is 11.5 Å². The molecule has 1 amide bonds. The van der Waals surface area contributed by atoms with E-state index in [2.05, 4.69) is 6.58 Å². The predicted octanol–water partition coefficient (Wildman–Crippen LogP) is 6.89. The van der Waals surface area contributed by atoms with Crippen molar-refractivity contribution in [3.05, 3.63) is 101 Å². The Bertz CT molecular complexity index is 1620. The van der Waals surface area contributed by atoms with Gasteiger partial charge in [0.2, 0.25) is 0 Å². The lowest BCUT2D eigenvalue weighted by Gasteiger charge is -2.23. The van der Waals surface area contributed by atoms with E-state index in [1.165, 1.54) is 16.2 Å². The highest BCUT2D eigenvalue weighted by Crippen LogP contribution is 2.45. The number of aryl methyl sites for hydroxylation is 2. The van der Waals surface area contributed by atoms with Gasteiger partial charge in [-0.05, 0) is 79.4 Å². The van der Waals surface area contributed by atoms with E-state index in [9.17, 15) is 14.7 Å². The number of rotatable bonds is 9. The van der Waals surface area contributed by atoms with E-state index < -0.39 is 17.7 Å². The van der Waals surface area contributed by atoms with Gasteiger partial charge in [0, 0.05) is 5.56 Å². The Labute approximate surface area is 237 Å². The zero-order valence-corrected chi connectivity index (χ0v) is 23.5. The second-order valence-corrected chi connectivity index (χ2v) is 10.6. The molecule has 5 rings (SSSR count). The van der Waals surface area contributed by atoms with E-state index in [4.69, 9.17) is 14.5 Å². The highest BCUT2D eigenvalue weighted by Gasteiger charge is 2.48. The van der Waals surface area contributed by atoms with Crippen LogP contribution < -0.4 is 14.4 Å². The molecule has 0 aliphatic carbocycles. The largest absolute Gasteiger partial charge is 0.507 e. The summed E-state index contributed by atoms with van der Waals surface area (Å²) in [5.74, 6) is -0.490. The van der Waals surface area contributed by atoms with Crippen molar-refractivity contribution < 1.29 is 24.2 Å². The number of benzene rings is 3. The van der Waals surface area contributed by atoms with Gasteiger partial charge in [0.15, 0.2) is 5.13 Å². The fraction of sp³-hybridized carbons (Fsp3) is 0.219. The zero-order valence-electron chi connectivity index (χ0n) is 22.6. The smallest absolute Gasteiger partial charge is 0.301 e. The molecule has 0 radical (unpaired) electrons. The normalized spacial score (nSPS) is 16.5. The number of aromatic nitrogens is 1. The first kappa shape index (κ1) is 27.1. The molecule has 204 valence electrons. The van der Waals surface area contributed by atoms with E-state index >= 15 is 0 Å². The highest BCUT2D eigenvalue weighted by atomic mass is 32.1. The number of Topliss-reactive ketones (excluding diaryl/α,β-unsaturated/α-hetero) is 1. The van der Waals surface area contributed by atoms with Crippen LogP contribution in [0.25, 0.3) is 16.0 Å². The molecule has 2 heterocycles. The number of aliphatic hydroxyl groups is 1. The molecule has 4 aromatic rings. The minimum atomic E-state index is -0.883. The van der Waals surface area contributed by atoms with Gasteiger partial charge >= 0.3 is 5.91 Å². The Kier molecular flexibility index (Phi) is 7.71. The van der Waals surface area contributed by atoms with Crippen LogP contribution in [0.15, 0.2) is 78.9 Å². The van der Waals surface area contributed by atoms with E-state index in [1.807, 2.05) is 32.9 Å². The molecular formula is C32H30N2O5S. The number of thiazole rings is 1. The molecule has 1 aliphatic heterocycles. The number of hydrogen-bond donors (Lipinski definition) is 1. The molecule has 0 saturated carbocycles. The summed E-state index contributed by atoms with van der Waals surface area (Å²) in [5, 5.41) is 11.8. The molecule has 1 N–H and O–H groups in total. The third-order valence-electron chi connectivity index (χ3n) is 6.63. The number of ether oxygens (including phenoxy) is 2. The van der Waals surface area contributed by atoms with Crippen LogP contribution in [0.2, 0.25) is 0 Å². The second-order valence-electron chi connectivity index (χ2n) is 9.64. The molecule has 1 aliphatic rings. The zero-order chi connectivity index (χ0) is 28.4. The Hall–Kier alpha value is -4.43. The van der Waals surface area contributed by atoms with Gasteiger partial charge in [-0.1, -0.05) is 49.1 Å². The molecule has 7 nitrogen and oxygen atoms in total. The molecule has 1 atom stereocenters. The summed E-state index contributed by atoms with van der Waals surface area (Å²) in [6.45, 7) is 10.6. The molecule has 1 unspecified atom stereocenters. The number of ketones is 1. The number of carbonyl (C=O) groups excluding carboxylic acids is 2. The minimum Gasteiger partial charge on any atom is -0.507 e. The first-order valence-corrected chi connectivity index (χ1v) is 13.9. The third-order valence-corrected chi connectivity index (χ3v) is 7.64. The summed E-state index contributed by atoms with van der Waals surface area (Å²) >= 11 is 1.35. The van der Waals surface area contributed by atoms with E-state index in [0.717, 1.165) is 27.8 Å². The van der Waals surface area contributed by atoms with E-state index in [-0.39, 0.29) is 11.3 Å². The van der Waals surface area contributed by atoms with Gasteiger partial charge in [0.1, 0.15) is 23.9 Å². The summed E-state index contributed by atoms with van der Waals surface area (Å²) in [5.41, 5.74) is 3.90. The molecule has 8 heteroatoms. The lowest BCUT2D eigenvalue weighted by atomic mass is 9.95. The lowest BCUT2D eigenvalue weighted by molar-refractivity contribution is -0.132. The maximum atomic E-state index is 13.6. The maximum Gasteiger partial charge on any atom is 0.301 e. The van der Waals surface area contributed by atoms with E-state index in [1.54, 1.807) is 54.6 Å².